The van der Waals surface area contributed by atoms with E-state index in [1.165, 1.54) is 17.3 Å². The Balaban J connectivity index is 2.00. The molecule has 0 saturated carbocycles. The molecule has 0 aliphatic rings. The zero-order chi connectivity index (χ0) is 13.7. The second-order valence-corrected chi connectivity index (χ2v) is 6.05. The van der Waals surface area contributed by atoms with Crippen molar-refractivity contribution in [3.8, 4) is 0 Å². The molecule has 1 aromatic heterocycles. The topological polar surface area (TPSA) is 29.9 Å². The minimum absolute atomic E-state index is 0.616. The Labute approximate surface area is 123 Å². The van der Waals surface area contributed by atoms with Crippen LogP contribution in [-0.4, -0.2) is 21.2 Å². The van der Waals surface area contributed by atoms with E-state index >= 15 is 0 Å². The van der Waals surface area contributed by atoms with Crippen molar-refractivity contribution < 1.29 is 0 Å². The Morgan fingerprint density at radius 1 is 1.32 bits per heavy atom. The van der Waals surface area contributed by atoms with Crippen LogP contribution in [0.2, 0.25) is 0 Å². The van der Waals surface area contributed by atoms with E-state index in [9.17, 15) is 0 Å². The molecule has 0 radical (unpaired) electrons. The fraction of sp³-hybridized carbons (Fsp3) is 0.533. The van der Waals surface area contributed by atoms with Gasteiger partial charge in [-0.25, -0.2) is 0 Å². The standard InChI is InChI=1S/C15H22BrN3/c1-3-12(16)9-10-17-11-14-13-7-5-6-8-15(13)19(4-2)18-14/h5-8,12,17H,3-4,9-11H2,1-2H3. The predicted octanol–water partition coefficient (Wildman–Crippen LogP) is 3.71. The van der Waals surface area contributed by atoms with Crippen LogP contribution < -0.4 is 5.32 Å². The average molecular weight is 324 g/mol. The molecular formula is C15H22BrN3. The third-order valence-electron chi connectivity index (χ3n) is 3.40. The van der Waals surface area contributed by atoms with Crippen LogP contribution in [0.4, 0.5) is 0 Å². The summed E-state index contributed by atoms with van der Waals surface area (Å²) in [6, 6.07) is 8.45. The van der Waals surface area contributed by atoms with E-state index in [2.05, 4.69) is 69.1 Å². The summed E-state index contributed by atoms with van der Waals surface area (Å²) in [6.45, 7) is 7.12. The molecular weight excluding hydrogens is 302 g/mol. The highest BCUT2D eigenvalue weighted by Gasteiger charge is 2.08. The van der Waals surface area contributed by atoms with Gasteiger partial charge in [0.15, 0.2) is 0 Å². The third-order valence-corrected chi connectivity index (χ3v) is 4.51. The number of rotatable bonds is 7. The molecule has 0 amide bonds. The number of para-hydroxylation sites is 1. The van der Waals surface area contributed by atoms with Crippen LogP contribution in [0.5, 0.6) is 0 Å². The summed E-state index contributed by atoms with van der Waals surface area (Å²) in [6.07, 6.45) is 2.33. The molecule has 0 saturated heterocycles. The van der Waals surface area contributed by atoms with Crippen LogP contribution in [0, 0.1) is 0 Å². The molecule has 3 nitrogen and oxygen atoms in total. The lowest BCUT2D eigenvalue weighted by Crippen LogP contribution is -2.18. The number of aryl methyl sites for hydroxylation is 1. The number of aromatic nitrogens is 2. The Morgan fingerprint density at radius 2 is 2.11 bits per heavy atom. The van der Waals surface area contributed by atoms with Gasteiger partial charge in [-0.1, -0.05) is 41.1 Å². The number of nitrogens with one attached hydrogen (secondary N) is 1. The van der Waals surface area contributed by atoms with Crippen LogP contribution in [0.1, 0.15) is 32.4 Å². The van der Waals surface area contributed by atoms with Gasteiger partial charge in [0.2, 0.25) is 0 Å². The summed E-state index contributed by atoms with van der Waals surface area (Å²) in [5.74, 6) is 0. The van der Waals surface area contributed by atoms with Crippen molar-refractivity contribution in [3.05, 3.63) is 30.0 Å². The SMILES string of the molecule is CCC(Br)CCNCc1nn(CC)c2ccccc12. The molecule has 0 fully saturated rings. The highest BCUT2D eigenvalue weighted by atomic mass is 79.9. The van der Waals surface area contributed by atoms with Crippen molar-refractivity contribution in [1.82, 2.24) is 15.1 Å². The highest BCUT2D eigenvalue weighted by Crippen LogP contribution is 2.18. The molecule has 1 heterocycles. The molecule has 1 unspecified atom stereocenters. The first-order valence-electron chi connectivity index (χ1n) is 7.05. The first kappa shape index (κ1) is 14.5. The maximum absolute atomic E-state index is 4.69. The fourth-order valence-corrected chi connectivity index (χ4v) is 2.47. The lowest BCUT2D eigenvalue weighted by atomic mass is 10.2. The fourth-order valence-electron chi connectivity index (χ4n) is 2.24. The van der Waals surface area contributed by atoms with Gasteiger partial charge in [0.1, 0.15) is 0 Å². The molecule has 2 rings (SSSR count). The van der Waals surface area contributed by atoms with Gasteiger partial charge in [-0.2, -0.15) is 5.10 Å². The zero-order valence-electron chi connectivity index (χ0n) is 11.7. The Kier molecular flexibility index (Phi) is 5.40. The van der Waals surface area contributed by atoms with Crippen LogP contribution in [0.3, 0.4) is 0 Å². The first-order chi connectivity index (χ1) is 9.26. The first-order valence-corrected chi connectivity index (χ1v) is 7.97. The molecule has 1 atom stereocenters. The molecule has 0 bridgehead atoms. The Hall–Kier alpha value is -0.870. The van der Waals surface area contributed by atoms with E-state index in [-0.39, 0.29) is 0 Å². The number of benzene rings is 1. The van der Waals surface area contributed by atoms with Crippen molar-refractivity contribution in [2.75, 3.05) is 6.54 Å². The molecule has 1 N–H and O–H groups in total. The van der Waals surface area contributed by atoms with Gasteiger partial charge in [0, 0.05) is 23.3 Å². The molecule has 104 valence electrons. The van der Waals surface area contributed by atoms with Gasteiger partial charge in [-0.15, -0.1) is 0 Å². The van der Waals surface area contributed by atoms with Gasteiger partial charge >= 0.3 is 0 Å². The second-order valence-electron chi connectivity index (χ2n) is 4.75. The number of fused-ring (bicyclic) bond motifs is 1. The van der Waals surface area contributed by atoms with Gasteiger partial charge < -0.3 is 5.32 Å². The van der Waals surface area contributed by atoms with Gasteiger partial charge in [-0.3, -0.25) is 4.68 Å². The van der Waals surface area contributed by atoms with Gasteiger partial charge in [-0.05, 0) is 32.4 Å². The summed E-state index contributed by atoms with van der Waals surface area (Å²) in [4.78, 5) is 0.616. The largest absolute Gasteiger partial charge is 0.311 e. The van der Waals surface area contributed by atoms with Crippen molar-refractivity contribution in [1.29, 1.82) is 0 Å². The smallest absolute Gasteiger partial charge is 0.0841 e. The number of hydrogen-bond acceptors (Lipinski definition) is 2. The number of hydrogen-bond donors (Lipinski definition) is 1. The summed E-state index contributed by atoms with van der Waals surface area (Å²) >= 11 is 3.66. The lowest BCUT2D eigenvalue weighted by molar-refractivity contribution is 0.606. The van der Waals surface area contributed by atoms with Crippen molar-refractivity contribution in [2.45, 2.75) is 44.6 Å². The third kappa shape index (κ3) is 3.57. The summed E-state index contributed by atoms with van der Waals surface area (Å²) in [5.41, 5.74) is 2.38. The predicted molar refractivity (Wildman–Crippen MR) is 84.7 cm³/mol. The van der Waals surface area contributed by atoms with Crippen molar-refractivity contribution >= 4 is 26.8 Å². The monoisotopic (exact) mass is 323 g/mol. The van der Waals surface area contributed by atoms with E-state index < -0.39 is 0 Å². The molecule has 1 aromatic carbocycles. The van der Waals surface area contributed by atoms with Crippen molar-refractivity contribution in [2.24, 2.45) is 0 Å². The van der Waals surface area contributed by atoms with Crippen LogP contribution >= 0.6 is 15.9 Å². The maximum atomic E-state index is 4.69. The van der Waals surface area contributed by atoms with E-state index in [1.54, 1.807) is 0 Å². The molecule has 4 heteroatoms. The minimum Gasteiger partial charge on any atom is -0.311 e. The van der Waals surface area contributed by atoms with Gasteiger partial charge in [0.25, 0.3) is 0 Å². The number of alkyl halides is 1. The molecule has 0 spiro atoms. The van der Waals surface area contributed by atoms with E-state index in [0.29, 0.717) is 4.83 Å². The normalized spacial score (nSPS) is 13.0. The van der Waals surface area contributed by atoms with Crippen LogP contribution in [0.15, 0.2) is 24.3 Å². The Morgan fingerprint density at radius 3 is 2.84 bits per heavy atom. The maximum Gasteiger partial charge on any atom is 0.0841 e. The van der Waals surface area contributed by atoms with Crippen LogP contribution in [-0.2, 0) is 13.1 Å². The minimum atomic E-state index is 0.616. The number of nitrogens with zero attached hydrogens (tertiary/aromatic N) is 2. The molecule has 0 aliphatic carbocycles. The van der Waals surface area contributed by atoms with E-state index in [1.807, 2.05) is 0 Å². The summed E-state index contributed by atoms with van der Waals surface area (Å²) < 4.78 is 2.08. The number of halogens is 1. The van der Waals surface area contributed by atoms with E-state index in [4.69, 9.17) is 0 Å². The molecule has 2 aromatic rings. The highest BCUT2D eigenvalue weighted by molar-refractivity contribution is 9.09. The Bertz CT molecular complexity index is 521. The van der Waals surface area contributed by atoms with Crippen molar-refractivity contribution in [3.63, 3.8) is 0 Å². The molecule has 19 heavy (non-hydrogen) atoms. The van der Waals surface area contributed by atoms with Crippen LogP contribution in [0.25, 0.3) is 10.9 Å². The van der Waals surface area contributed by atoms with E-state index in [0.717, 1.165) is 31.7 Å². The quantitative estimate of drug-likeness (QED) is 0.621. The molecule has 0 aliphatic heterocycles. The summed E-state index contributed by atoms with van der Waals surface area (Å²) in [5, 5.41) is 9.44. The lowest BCUT2D eigenvalue weighted by Gasteiger charge is -2.07. The second kappa shape index (κ2) is 7.06. The summed E-state index contributed by atoms with van der Waals surface area (Å²) in [7, 11) is 0. The average Bonchev–Trinajstić information content (AvgIpc) is 2.81. The zero-order valence-corrected chi connectivity index (χ0v) is 13.3. The van der Waals surface area contributed by atoms with Gasteiger partial charge in [0.05, 0.1) is 11.2 Å².